The minimum atomic E-state index is -0.800. The van der Waals surface area contributed by atoms with E-state index in [-0.39, 0.29) is 11.9 Å². The fourth-order valence-corrected chi connectivity index (χ4v) is 2.75. The number of rotatable bonds is 5. The van der Waals surface area contributed by atoms with E-state index in [1.165, 1.54) is 4.90 Å². The van der Waals surface area contributed by atoms with Gasteiger partial charge < -0.3 is 19.4 Å². The van der Waals surface area contributed by atoms with Gasteiger partial charge in [0, 0.05) is 24.4 Å². The third-order valence-electron chi connectivity index (χ3n) is 5.11. The van der Waals surface area contributed by atoms with E-state index in [0.29, 0.717) is 12.0 Å². The van der Waals surface area contributed by atoms with Crippen LogP contribution >= 0.6 is 0 Å². The summed E-state index contributed by atoms with van der Waals surface area (Å²) in [6.45, 7) is 16.9. The highest BCUT2D eigenvalue weighted by atomic mass is 16.7. The Kier molecular flexibility index (Phi) is 6.83. The largest absolute Gasteiger partial charge is 0.498 e. The van der Waals surface area contributed by atoms with Crippen molar-refractivity contribution in [3.63, 3.8) is 0 Å². The molecule has 0 bridgehead atoms. The van der Waals surface area contributed by atoms with Gasteiger partial charge in [-0.05, 0) is 62.3 Å². The standard InChI is InChI=1S/C20H33BN4O5/c1-10-25(15(26)13(2)24-17(27)28-18(3,4)5)16-22-11-14(12-23-16)21-29-19(6,7)20(8,9)30-21/h11-13H,10H2,1-9H3,(H,24,27). The molecule has 1 fully saturated rings. The molecule has 10 heteroatoms. The van der Waals surface area contributed by atoms with Crippen LogP contribution < -0.4 is 15.7 Å². The lowest BCUT2D eigenvalue weighted by molar-refractivity contribution is -0.120. The molecule has 1 N–H and O–H groups in total. The van der Waals surface area contributed by atoms with Crippen LogP contribution in [0.3, 0.4) is 0 Å². The van der Waals surface area contributed by atoms with E-state index in [4.69, 9.17) is 14.0 Å². The number of ether oxygens (including phenoxy) is 1. The normalized spacial score (nSPS) is 18.6. The van der Waals surface area contributed by atoms with Crippen molar-refractivity contribution < 1.29 is 23.6 Å². The Morgan fingerprint density at radius 3 is 2.10 bits per heavy atom. The van der Waals surface area contributed by atoms with Gasteiger partial charge in [0.15, 0.2) is 0 Å². The van der Waals surface area contributed by atoms with Gasteiger partial charge in [-0.3, -0.25) is 9.69 Å². The summed E-state index contributed by atoms with van der Waals surface area (Å²) in [7, 11) is -0.581. The van der Waals surface area contributed by atoms with Gasteiger partial charge >= 0.3 is 13.2 Å². The number of carbonyl (C=O) groups is 2. The van der Waals surface area contributed by atoms with Gasteiger partial charge in [0.2, 0.25) is 5.95 Å². The van der Waals surface area contributed by atoms with Crippen LogP contribution in [0.1, 0.15) is 62.3 Å². The first-order valence-corrected chi connectivity index (χ1v) is 10.2. The van der Waals surface area contributed by atoms with Gasteiger partial charge in [-0.25, -0.2) is 14.8 Å². The molecule has 1 aliphatic heterocycles. The van der Waals surface area contributed by atoms with E-state index in [1.54, 1.807) is 40.1 Å². The van der Waals surface area contributed by atoms with Gasteiger partial charge in [-0.2, -0.15) is 0 Å². The van der Waals surface area contributed by atoms with Crippen LogP contribution in [0.25, 0.3) is 0 Å². The van der Waals surface area contributed by atoms with Gasteiger partial charge in [0.1, 0.15) is 11.6 Å². The SMILES string of the molecule is CCN(C(=O)C(C)NC(=O)OC(C)(C)C)c1ncc(B2OC(C)(C)C(C)(C)O2)cn1. The van der Waals surface area contributed by atoms with Gasteiger partial charge in [-0.1, -0.05) is 0 Å². The van der Waals surface area contributed by atoms with Crippen molar-refractivity contribution in [3.8, 4) is 0 Å². The molecular weight excluding hydrogens is 387 g/mol. The minimum absolute atomic E-state index is 0.237. The number of hydrogen-bond acceptors (Lipinski definition) is 7. The van der Waals surface area contributed by atoms with Crippen LogP contribution in [-0.4, -0.2) is 58.5 Å². The van der Waals surface area contributed by atoms with Crippen molar-refractivity contribution in [2.24, 2.45) is 0 Å². The first-order valence-electron chi connectivity index (χ1n) is 10.2. The Bertz CT molecular complexity index is 760. The van der Waals surface area contributed by atoms with Crippen LogP contribution in [-0.2, 0) is 18.8 Å². The molecule has 2 rings (SSSR count). The maximum absolute atomic E-state index is 12.8. The monoisotopic (exact) mass is 420 g/mol. The van der Waals surface area contributed by atoms with Crippen LogP contribution in [0.15, 0.2) is 12.4 Å². The Morgan fingerprint density at radius 2 is 1.67 bits per heavy atom. The molecule has 1 aliphatic rings. The number of anilines is 1. The maximum Gasteiger partial charge on any atom is 0.498 e. The lowest BCUT2D eigenvalue weighted by Gasteiger charge is -2.32. The molecule has 1 unspecified atom stereocenters. The molecule has 166 valence electrons. The third-order valence-corrected chi connectivity index (χ3v) is 5.11. The second-order valence-corrected chi connectivity index (χ2v) is 9.36. The van der Waals surface area contributed by atoms with Crippen molar-refractivity contribution in [2.45, 2.75) is 85.2 Å². The number of nitrogens with zero attached hydrogens (tertiary/aromatic N) is 3. The highest BCUT2D eigenvalue weighted by Gasteiger charge is 2.52. The number of nitrogens with one attached hydrogen (secondary N) is 1. The van der Waals surface area contributed by atoms with Crippen LogP contribution in [0.5, 0.6) is 0 Å². The van der Waals surface area contributed by atoms with E-state index in [2.05, 4.69) is 15.3 Å². The summed E-state index contributed by atoms with van der Waals surface area (Å²) in [6.07, 6.45) is 2.52. The first kappa shape index (κ1) is 24.1. The number of likely N-dealkylation sites (N-methyl/N-ethyl adjacent to an activating group) is 1. The minimum Gasteiger partial charge on any atom is -0.444 e. The molecule has 0 saturated carbocycles. The Balaban J connectivity index is 2.08. The van der Waals surface area contributed by atoms with Crippen LogP contribution in [0, 0.1) is 0 Å². The van der Waals surface area contributed by atoms with Gasteiger partial charge in [-0.15, -0.1) is 0 Å². The molecule has 1 atom stereocenters. The van der Waals surface area contributed by atoms with E-state index in [1.807, 2.05) is 34.6 Å². The van der Waals surface area contributed by atoms with Crippen LogP contribution in [0.2, 0.25) is 0 Å². The number of alkyl carbamates (subject to hydrolysis) is 1. The zero-order valence-corrected chi connectivity index (χ0v) is 19.4. The van der Waals surface area contributed by atoms with E-state index in [0.717, 1.165) is 0 Å². The topological polar surface area (TPSA) is 103 Å². The summed E-state index contributed by atoms with van der Waals surface area (Å²) < 4.78 is 17.2. The quantitative estimate of drug-likeness (QED) is 0.728. The average Bonchev–Trinajstić information content (AvgIpc) is 2.82. The highest BCUT2D eigenvalue weighted by Crippen LogP contribution is 2.36. The molecule has 0 radical (unpaired) electrons. The molecule has 0 spiro atoms. The fourth-order valence-electron chi connectivity index (χ4n) is 2.75. The molecule has 9 nitrogen and oxygen atoms in total. The molecule has 0 aliphatic carbocycles. The van der Waals surface area contributed by atoms with Crippen molar-refractivity contribution in [1.29, 1.82) is 0 Å². The molecular formula is C20H33BN4O5. The van der Waals surface area contributed by atoms with Gasteiger partial charge in [0.25, 0.3) is 5.91 Å². The molecule has 1 aromatic heterocycles. The molecule has 2 heterocycles. The number of aromatic nitrogens is 2. The zero-order valence-electron chi connectivity index (χ0n) is 19.4. The van der Waals surface area contributed by atoms with Gasteiger partial charge in [0.05, 0.1) is 11.2 Å². The maximum atomic E-state index is 12.8. The molecule has 1 saturated heterocycles. The van der Waals surface area contributed by atoms with Crippen molar-refractivity contribution in [2.75, 3.05) is 11.4 Å². The Morgan fingerprint density at radius 1 is 1.17 bits per heavy atom. The molecule has 2 amide bonds. The number of amides is 2. The summed E-state index contributed by atoms with van der Waals surface area (Å²) in [5, 5.41) is 2.55. The smallest absolute Gasteiger partial charge is 0.444 e. The molecule has 0 aromatic carbocycles. The number of hydrogen-bond donors (Lipinski definition) is 1. The summed E-state index contributed by atoms with van der Waals surface area (Å²) >= 11 is 0. The zero-order chi connectivity index (χ0) is 22.9. The van der Waals surface area contributed by atoms with Crippen molar-refractivity contribution in [1.82, 2.24) is 15.3 Å². The Labute approximate surface area is 179 Å². The molecule has 1 aromatic rings. The van der Waals surface area contributed by atoms with E-state index in [9.17, 15) is 9.59 Å². The summed E-state index contributed by atoms with van der Waals surface area (Å²) in [4.78, 5) is 34.8. The fraction of sp³-hybridized carbons (Fsp3) is 0.700. The first-order chi connectivity index (χ1) is 13.7. The lowest BCUT2D eigenvalue weighted by Crippen LogP contribution is -2.49. The highest BCUT2D eigenvalue weighted by molar-refractivity contribution is 6.61. The predicted octanol–water partition coefficient (Wildman–Crippen LogP) is 2.04. The third kappa shape index (κ3) is 5.48. The lowest BCUT2D eigenvalue weighted by atomic mass is 9.81. The van der Waals surface area contributed by atoms with Crippen molar-refractivity contribution in [3.05, 3.63) is 12.4 Å². The van der Waals surface area contributed by atoms with E-state index >= 15 is 0 Å². The Hall–Kier alpha value is -2.20. The average molecular weight is 420 g/mol. The number of carbonyl (C=O) groups excluding carboxylic acids is 2. The predicted molar refractivity (Wildman–Crippen MR) is 115 cm³/mol. The van der Waals surface area contributed by atoms with Crippen molar-refractivity contribution >= 4 is 30.5 Å². The summed E-state index contributed by atoms with van der Waals surface area (Å²) in [5.41, 5.74) is -0.917. The summed E-state index contributed by atoms with van der Waals surface area (Å²) in [6, 6.07) is -0.800. The second kappa shape index (κ2) is 8.51. The molecule has 30 heavy (non-hydrogen) atoms. The second-order valence-electron chi connectivity index (χ2n) is 9.36. The van der Waals surface area contributed by atoms with Crippen LogP contribution in [0.4, 0.5) is 10.7 Å². The summed E-state index contributed by atoms with van der Waals surface area (Å²) in [5.74, 6) is -0.104. The van der Waals surface area contributed by atoms with E-state index < -0.39 is 36.1 Å².